The van der Waals surface area contributed by atoms with E-state index < -0.39 is 0 Å². The van der Waals surface area contributed by atoms with Gasteiger partial charge in [-0.15, -0.1) is 11.8 Å². The van der Waals surface area contributed by atoms with Crippen molar-refractivity contribution in [3.05, 3.63) is 29.8 Å². The highest BCUT2D eigenvalue weighted by molar-refractivity contribution is 8.00. The fraction of sp³-hybridized carbons (Fsp3) is 0.600. The molecule has 2 unspecified atom stereocenters. The van der Waals surface area contributed by atoms with E-state index in [1.165, 1.54) is 23.3 Å². The zero-order valence-corrected chi connectivity index (χ0v) is 11.5. The molecular weight excluding hydrogens is 244 g/mol. The van der Waals surface area contributed by atoms with E-state index >= 15 is 0 Å². The monoisotopic (exact) mass is 264 g/mol. The summed E-state index contributed by atoms with van der Waals surface area (Å²) >= 11 is 1.96. The van der Waals surface area contributed by atoms with Crippen molar-refractivity contribution in [2.45, 2.75) is 41.9 Å². The third-order valence-corrected chi connectivity index (χ3v) is 4.88. The molecule has 2 aliphatic heterocycles. The summed E-state index contributed by atoms with van der Waals surface area (Å²) in [6.45, 7) is 2.53. The van der Waals surface area contributed by atoms with Crippen LogP contribution in [0.15, 0.2) is 29.2 Å². The maximum absolute atomic E-state index is 5.84. The van der Waals surface area contributed by atoms with Crippen LogP contribution in [0.5, 0.6) is 0 Å². The van der Waals surface area contributed by atoms with Crippen LogP contribution >= 0.6 is 11.8 Å². The SMILES string of the molecule is c1ccc2c(c1)CC(COCC1CCCCO1)S2. The molecule has 2 nitrogen and oxygen atoms in total. The maximum Gasteiger partial charge on any atom is 0.0808 e. The van der Waals surface area contributed by atoms with E-state index in [1.54, 1.807) is 0 Å². The van der Waals surface area contributed by atoms with Gasteiger partial charge in [0.05, 0.1) is 19.3 Å². The molecule has 1 aromatic carbocycles. The first kappa shape index (κ1) is 12.5. The molecule has 0 bridgehead atoms. The summed E-state index contributed by atoms with van der Waals surface area (Å²) in [6, 6.07) is 8.68. The summed E-state index contributed by atoms with van der Waals surface area (Å²) in [5.41, 5.74) is 1.48. The Balaban J connectivity index is 1.40. The molecule has 3 rings (SSSR count). The number of rotatable bonds is 4. The van der Waals surface area contributed by atoms with Crippen molar-refractivity contribution < 1.29 is 9.47 Å². The number of fused-ring (bicyclic) bond motifs is 1. The lowest BCUT2D eigenvalue weighted by atomic mass is 10.1. The topological polar surface area (TPSA) is 18.5 Å². The van der Waals surface area contributed by atoms with Gasteiger partial charge in [0, 0.05) is 16.8 Å². The first-order valence-corrected chi connectivity index (χ1v) is 7.74. The third kappa shape index (κ3) is 3.08. The van der Waals surface area contributed by atoms with Crippen molar-refractivity contribution in [1.82, 2.24) is 0 Å². The Hall–Kier alpha value is -0.510. The number of thioether (sulfide) groups is 1. The lowest BCUT2D eigenvalue weighted by Gasteiger charge is -2.22. The molecule has 18 heavy (non-hydrogen) atoms. The summed E-state index contributed by atoms with van der Waals surface area (Å²) in [4.78, 5) is 1.43. The van der Waals surface area contributed by atoms with Crippen LogP contribution in [0, 0.1) is 0 Å². The Morgan fingerprint density at radius 3 is 3.00 bits per heavy atom. The summed E-state index contributed by atoms with van der Waals surface area (Å²) < 4.78 is 11.5. The predicted molar refractivity (Wildman–Crippen MR) is 74.2 cm³/mol. The smallest absolute Gasteiger partial charge is 0.0808 e. The van der Waals surface area contributed by atoms with Gasteiger partial charge < -0.3 is 9.47 Å². The summed E-state index contributed by atoms with van der Waals surface area (Å²) in [5.74, 6) is 0. The number of benzene rings is 1. The van der Waals surface area contributed by atoms with E-state index in [0.29, 0.717) is 11.4 Å². The highest BCUT2D eigenvalue weighted by atomic mass is 32.2. The van der Waals surface area contributed by atoms with Gasteiger partial charge in [0.25, 0.3) is 0 Å². The first-order chi connectivity index (χ1) is 8.92. The second-order valence-electron chi connectivity index (χ2n) is 5.08. The summed E-state index contributed by atoms with van der Waals surface area (Å²) in [6.07, 6.45) is 5.15. The molecule has 1 saturated heterocycles. The van der Waals surface area contributed by atoms with Gasteiger partial charge in [-0.1, -0.05) is 18.2 Å². The average molecular weight is 264 g/mol. The highest BCUT2D eigenvalue weighted by Gasteiger charge is 2.22. The van der Waals surface area contributed by atoms with Gasteiger partial charge in [0.1, 0.15) is 0 Å². The number of hydrogen-bond donors (Lipinski definition) is 0. The van der Waals surface area contributed by atoms with Crippen molar-refractivity contribution in [3.63, 3.8) is 0 Å². The molecule has 2 aliphatic rings. The van der Waals surface area contributed by atoms with E-state index in [9.17, 15) is 0 Å². The van der Waals surface area contributed by atoms with Gasteiger partial charge in [0.2, 0.25) is 0 Å². The predicted octanol–water partition coefficient (Wildman–Crippen LogP) is 3.29. The molecule has 2 atom stereocenters. The molecule has 1 fully saturated rings. The Kier molecular flexibility index (Phi) is 4.24. The molecule has 0 N–H and O–H groups in total. The molecule has 0 saturated carbocycles. The van der Waals surface area contributed by atoms with Gasteiger partial charge in [-0.3, -0.25) is 0 Å². The van der Waals surface area contributed by atoms with E-state index in [4.69, 9.17) is 9.47 Å². The highest BCUT2D eigenvalue weighted by Crippen LogP contribution is 2.36. The van der Waals surface area contributed by atoms with E-state index in [1.807, 2.05) is 11.8 Å². The Morgan fingerprint density at radius 2 is 2.17 bits per heavy atom. The van der Waals surface area contributed by atoms with Crippen LogP contribution < -0.4 is 0 Å². The van der Waals surface area contributed by atoms with Crippen LogP contribution in [0.2, 0.25) is 0 Å². The Bertz CT molecular complexity index is 363. The fourth-order valence-electron chi connectivity index (χ4n) is 2.62. The lowest BCUT2D eigenvalue weighted by Crippen LogP contribution is -2.26. The third-order valence-electron chi connectivity index (χ3n) is 3.60. The normalized spacial score (nSPS) is 27.1. The largest absolute Gasteiger partial charge is 0.378 e. The van der Waals surface area contributed by atoms with E-state index in [-0.39, 0.29) is 0 Å². The number of ether oxygens (including phenoxy) is 2. The molecule has 0 aromatic heterocycles. The van der Waals surface area contributed by atoms with Gasteiger partial charge >= 0.3 is 0 Å². The van der Waals surface area contributed by atoms with Crippen LogP contribution in [-0.4, -0.2) is 31.2 Å². The molecule has 1 aromatic rings. The van der Waals surface area contributed by atoms with Crippen molar-refractivity contribution >= 4 is 11.8 Å². The summed E-state index contributed by atoms with van der Waals surface area (Å²) in [7, 11) is 0. The van der Waals surface area contributed by atoms with Crippen molar-refractivity contribution in [1.29, 1.82) is 0 Å². The van der Waals surface area contributed by atoms with Crippen molar-refractivity contribution in [2.24, 2.45) is 0 Å². The molecule has 0 radical (unpaired) electrons. The Morgan fingerprint density at radius 1 is 1.22 bits per heavy atom. The van der Waals surface area contributed by atoms with Crippen LogP contribution in [0.1, 0.15) is 24.8 Å². The van der Waals surface area contributed by atoms with Crippen LogP contribution in [0.3, 0.4) is 0 Å². The molecule has 0 aliphatic carbocycles. The average Bonchev–Trinajstić information content (AvgIpc) is 2.82. The Labute approximate surface area is 113 Å². The molecular formula is C15H20O2S. The minimum absolute atomic E-state index is 0.340. The summed E-state index contributed by atoms with van der Waals surface area (Å²) in [5, 5.41) is 0.589. The molecule has 0 amide bonds. The number of hydrogen-bond acceptors (Lipinski definition) is 3. The minimum atomic E-state index is 0.340. The van der Waals surface area contributed by atoms with Gasteiger partial charge in [-0.2, -0.15) is 0 Å². The second-order valence-corrected chi connectivity index (χ2v) is 6.42. The first-order valence-electron chi connectivity index (χ1n) is 6.86. The molecule has 98 valence electrons. The zero-order chi connectivity index (χ0) is 12.2. The van der Waals surface area contributed by atoms with Gasteiger partial charge in [-0.25, -0.2) is 0 Å². The van der Waals surface area contributed by atoms with Gasteiger partial charge in [-0.05, 0) is 37.3 Å². The van der Waals surface area contributed by atoms with Crippen LogP contribution in [0.25, 0.3) is 0 Å². The van der Waals surface area contributed by atoms with Crippen molar-refractivity contribution in [3.8, 4) is 0 Å². The lowest BCUT2D eigenvalue weighted by molar-refractivity contribution is -0.0401. The van der Waals surface area contributed by atoms with Crippen LogP contribution in [0.4, 0.5) is 0 Å². The molecule has 0 spiro atoms. The van der Waals surface area contributed by atoms with Crippen molar-refractivity contribution in [2.75, 3.05) is 19.8 Å². The van der Waals surface area contributed by atoms with Crippen LogP contribution in [-0.2, 0) is 15.9 Å². The van der Waals surface area contributed by atoms with E-state index in [2.05, 4.69) is 24.3 Å². The quantitative estimate of drug-likeness (QED) is 0.831. The molecule has 3 heteroatoms. The standard InChI is InChI=1S/C15H20O2S/c1-2-7-15-12(5-1)9-14(18-15)11-16-10-13-6-3-4-8-17-13/h1-2,5,7,13-14H,3-4,6,8-11H2. The zero-order valence-electron chi connectivity index (χ0n) is 10.6. The van der Waals surface area contributed by atoms with E-state index in [0.717, 1.165) is 32.7 Å². The fourth-order valence-corrected chi connectivity index (χ4v) is 3.86. The van der Waals surface area contributed by atoms with Gasteiger partial charge in [0.15, 0.2) is 0 Å². The molecule has 2 heterocycles. The maximum atomic E-state index is 5.84. The minimum Gasteiger partial charge on any atom is -0.378 e. The second kappa shape index (κ2) is 6.09.